The second-order valence-electron chi connectivity index (χ2n) is 6.70. The molecule has 0 saturated heterocycles. The van der Waals surface area contributed by atoms with Crippen molar-refractivity contribution in [2.24, 2.45) is 17.2 Å². The van der Waals surface area contributed by atoms with E-state index in [0.29, 0.717) is 17.4 Å². The Bertz CT molecular complexity index is 434. The van der Waals surface area contributed by atoms with Gasteiger partial charge < -0.3 is 0 Å². The van der Waals surface area contributed by atoms with Crippen molar-refractivity contribution in [3.63, 3.8) is 0 Å². The SMILES string of the molecule is CC1(C)CC1C(NN)c1ccccc1C1CCC1. The van der Waals surface area contributed by atoms with Gasteiger partial charge in [-0.05, 0) is 47.6 Å². The average Bonchev–Trinajstić information content (AvgIpc) is 2.89. The number of nitrogens with two attached hydrogens (primary N) is 1. The summed E-state index contributed by atoms with van der Waals surface area (Å²) in [5.41, 5.74) is 6.51. The van der Waals surface area contributed by atoms with Gasteiger partial charge in [0.1, 0.15) is 0 Å². The summed E-state index contributed by atoms with van der Waals surface area (Å²) >= 11 is 0. The van der Waals surface area contributed by atoms with Gasteiger partial charge in [-0.2, -0.15) is 0 Å². The highest BCUT2D eigenvalue weighted by atomic mass is 15.2. The van der Waals surface area contributed by atoms with Crippen molar-refractivity contribution in [1.29, 1.82) is 0 Å². The second kappa shape index (κ2) is 4.36. The van der Waals surface area contributed by atoms with Crippen LogP contribution in [0.4, 0.5) is 0 Å². The molecule has 2 nitrogen and oxygen atoms in total. The third-order valence-electron chi connectivity index (χ3n) is 5.05. The van der Waals surface area contributed by atoms with E-state index in [9.17, 15) is 0 Å². The molecule has 1 aromatic carbocycles. The summed E-state index contributed by atoms with van der Waals surface area (Å²) in [4.78, 5) is 0. The topological polar surface area (TPSA) is 38.0 Å². The lowest BCUT2D eigenvalue weighted by molar-refractivity contribution is 0.392. The third kappa shape index (κ3) is 1.98. The lowest BCUT2D eigenvalue weighted by Crippen LogP contribution is -2.32. The fourth-order valence-corrected chi connectivity index (χ4v) is 3.38. The van der Waals surface area contributed by atoms with Crippen molar-refractivity contribution in [1.82, 2.24) is 5.43 Å². The van der Waals surface area contributed by atoms with Crippen LogP contribution in [0.5, 0.6) is 0 Å². The van der Waals surface area contributed by atoms with Crippen LogP contribution in [0.3, 0.4) is 0 Å². The van der Waals surface area contributed by atoms with Crippen molar-refractivity contribution >= 4 is 0 Å². The molecular formula is C16H24N2. The molecule has 3 N–H and O–H groups in total. The molecule has 0 bridgehead atoms. The normalized spacial score (nSPS) is 27.6. The van der Waals surface area contributed by atoms with Crippen LogP contribution in [0, 0.1) is 11.3 Å². The highest BCUT2D eigenvalue weighted by Gasteiger charge is 2.50. The van der Waals surface area contributed by atoms with E-state index in [1.165, 1.54) is 36.8 Å². The maximum absolute atomic E-state index is 5.85. The summed E-state index contributed by atoms with van der Waals surface area (Å²) in [5.74, 6) is 7.31. The zero-order chi connectivity index (χ0) is 12.8. The van der Waals surface area contributed by atoms with Crippen LogP contribution in [0.25, 0.3) is 0 Å². The molecule has 1 aromatic rings. The van der Waals surface area contributed by atoms with E-state index >= 15 is 0 Å². The summed E-state index contributed by atoms with van der Waals surface area (Å²) in [5, 5.41) is 0. The van der Waals surface area contributed by atoms with E-state index in [1.54, 1.807) is 0 Å². The molecule has 2 saturated carbocycles. The van der Waals surface area contributed by atoms with Crippen LogP contribution in [-0.4, -0.2) is 0 Å². The van der Waals surface area contributed by atoms with Gasteiger partial charge >= 0.3 is 0 Å². The van der Waals surface area contributed by atoms with Crippen LogP contribution in [0.15, 0.2) is 24.3 Å². The molecule has 2 aliphatic carbocycles. The molecule has 2 fully saturated rings. The average molecular weight is 244 g/mol. The molecule has 2 atom stereocenters. The second-order valence-corrected chi connectivity index (χ2v) is 6.70. The van der Waals surface area contributed by atoms with E-state index in [2.05, 4.69) is 43.5 Å². The first-order valence-corrected chi connectivity index (χ1v) is 7.18. The van der Waals surface area contributed by atoms with E-state index in [0.717, 1.165) is 5.92 Å². The van der Waals surface area contributed by atoms with Crippen molar-refractivity contribution in [3.8, 4) is 0 Å². The van der Waals surface area contributed by atoms with Gasteiger partial charge in [0, 0.05) is 6.04 Å². The van der Waals surface area contributed by atoms with E-state index in [4.69, 9.17) is 5.84 Å². The Balaban J connectivity index is 1.90. The van der Waals surface area contributed by atoms with E-state index < -0.39 is 0 Å². The van der Waals surface area contributed by atoms with Crippen LogP contribution < -0.4 is 11.3 Å². The summed E-state index contributed by atoms with van der Waals surface area (Å²) in [6.45, 7) is 4.68. The summed E-state index contributed by atoms with van der Waals surface area (Å²) in [7, 11) is 0. The van der Waals surface area contributed by atoms with Gasteiger partial charge in [-0.3, -0.25) is 11.3 Å². The van der Waals surface area contributed by atoms with Gasteiger partial charge in [0.25, 0.3) is 0 Å². The molecule has 2 heteroatoms. The largest absolute Gasteiger partial charge is 0.271 e. The van der Waals surface area contributed by atoms with Crippen molar-refractivity contribution in [2.45, 2.75) is 51.5 Å². The number of benzene rings is 1. The van der Waals surface area contributed by atoms with Crippen LogP contribution in [0.1, 0.15) is 62.6 Å². The highest BCUT2D eigenvalue weighted by molar-refractivity contribution is 5.35. The molecule has 0 radical (unpaired) electrons. The minimum absolute atomic E-state index is 0.330. The van der Waals surface area contributed by atoms with Crippen molar-refractivity contribution in [2.75, 3.05) is 0 Å². The van der Waals surface area contributed by atoms with Crippen LogP contribution in [0.2, 0.25) is 0 Å². The Morgan fingerprint density at radius 2 is 1.94 bits per heavy atom. The molecule has 2 aliphatic rings. The predicted molar refractivity (Wildman–Crippen MR) is 75.0 cm³/mol. The molecule has 0 spiro atoms. The van der Waals surface area contributed by atoms with Gasteiger partial charge in [-0.25, -0.2) is 0 Å². The Labute approximate surface area is 110 Å². The lowest BCUT2D eigenvalue weighted by Gasteiger charge is -2.31. The van der Waals surface area contributed by atoms with Crippen LogP contribution in [-0.2, 0) is 0 Å². The van der Waals surface area contributed by atoms with Crippen LogP contribution >= 0.6 is 0 Å². The molecule has 18 heavy (non-hydrogen) atoms. The summed E-state index contributed by atoms with van der Waals surface area (Å²) in [6.07, 6.45) is 5.36. The first-order valence-electron chi connectivity index (χ1n) is 7.18. The summed E-state index contributed by atoms with van der Waals surface area (Å²) < 4.78 is 0. The highest BCUT2D eigenvalue weighted by Crippen LogP contribution is 2.58. The predicted octanol–water partition coefficient (Wildman–Crippen LogP) is 3.50. The summed E-state index contributed by atoms with van der Waals surface area (Å²) in [6, 6.07) is 9.22. The Morgan fingerprint density at radius 3 is 2.44 bits per heavy atom. The number of hydrazine groups is 1. The molecule has 0 aliphatic heterocycles. The minimum atomic E-state index is 0.330. The third-order valence-corrected chi connectivity index (χ3v) is 5.05. The van der Waals surface area contributed by atoms with Gasteiger partial charge in [-0.1, -0.05) is 44.5 Å². The van der Waals surface area contributed by atoms with Crippen molar-refractivity contribution in [3.05, 3.63) is 35.4 Å². The smallest absolute Gasteiger partial charge is 0.0496 e. The zero-order valence-corrected chi connectivity index (χ0v) is 11.4. The maximum Gasteiger partial charge on any atom is 0.0496 e. The van der Waals surface area contributed by atoms with Gasteiger partial charge in [0.05, 0.1) is 0 Å². The molecule has 0 heterocycles. The fourth-order valence-electron chi connectivity index (χ4n) is 3.38. The maximum atomic E-state index is 5.85. The zero-order valence-electron chi connectivity index (χ0n) is 11.4. The monoisotopic (exact) mass is 244 g/mol. The quantitative estimate of drug-likeness (QED) is 0.628. The molecule has 3 rings (SSSR count). The number of hydrogen-bond donors (Lipinski definition) is 2. The van der Waals surface area contributed by atoms with Gasteiger partial charge in [0.2, 0.25) is 0 Å². The first-order chi connectivity index (χ1) is 8.63. The minimum Gasteiger partial charge on any atom is -0.271 e. The number of hydrogen-bond acceptors (Lipinski definition) is 2. The molecular weight excluding hydrogens is 220 g/mol. The van der Waals surface area contributed by atoms with Gasteiger partial charge in [0.15, 0.2) is 0 Å². The standard InChI is InChI=1S/C16H24N2/c1-16(2)10-14(16)15(18-17)13-9-4-3-8-12(13)11-6-5-7-11/h3-4,8-9,11,14-15,18H,5-7,10,17H2,1-2H3. The molecule has 0 aromatic heterocycles. The Morgan fingerprint density at radius 1 is 1.28 bits per heavy atom. The number of rotatable bonds is 4. The first kappa shape index (κ1) is 12.2. The Kier molecular flexibility index (Phi) is 2.95. The Hall–Kier alpha value is -0.860. The van der Waals surface area contributed by atoms with E-state index in [-0.39, 0.29) is 0 Å². The molecule has 0 amide bonds. The fraction of sp³-hybridized carbons (Fsp3) is 0.625. The van der Waals surface area contributed by atoms with E-state index in [1.807, 2.05) is 0 Å². The molecule has 98 valence electrons. The van der Waals surface area contributed by atoms with Crippen molar-refractivity contribution < 1.29 is 0 Å². The number of nitrogens with one attached hydrogen (secondary N) is 1. The van der Waals surface area contributed by atoms with Gasteiger partial charge in [-0.15, -0.1) is 0 Å². The molecule has 2 unspecified atom stereocenters. The lowest BCUT2D eigenvalue weighted by atomic mass is 9.76.